The van der Waals surface area contributed by atoms with Crippen molar-refractivity contribution < 1.29 is 13.2 Å². The molecular weight excluding hydrogens is 556 g/mol. The minimum atomic E-state index is -3.91. The van der Waals surface area contributed by atoms with E-state index in [0.29, 0.717) is 12.2 Å². The number of hydrogen-bond acceptors (Lipinski definition) is 4. The first-order chi connectivity index (χ1) is 16.3. The summed E-state index contributed by atoms with van der Waals surface area (Å²) < 4.78 is 28.7. The average Bonchev–Trinajstić information content (AvgIpc) is 2.82. The molecule has 180 valence electrons. The van der Waals surface area contributed by atoms with E-state index in [1.165, 1.54) is 0 Å². The Balaban J connectivity index is 1.59. The van der Waals surface area contributed by atoms with Gasteiger partial charge in [-0.15, -0.1) is 0 Å². The topological polar surface area (TPSA) is 66.5 Å². The SMILES string of the molecule is Cc1ccc(S(=O)(=O)N(CC(=O)NCCCSCc2ccccc2Cl)c2ccc(Br)cc2)cc1. The molecule has 34 heavy (non-hydrogen) atoms. The van der Waals surface area contributed by atoms with E-state index in [4.69, 9.17) is 11.6 Å². The predicted octanol–water partition coefficient (Wildman–Crippen LogP) is 6.05. The Kier molecular flexibility index (Phi) is 9.88. The maximum Gasteiger partial charge on any atom is 0.264 e. The third-order valence-corrected chi connectivity index (χ3v) is 8.79. The van der Waals surface area contributed by atoms with E-state index in [-0.39, 0.29) is 17.3 Å². The van der Waals surface area contributed by atoms with Gasteiger partial charge in [0.05, 0.1) is 10.6 Å². The smallest absolute Gasteiger partial charge is 0.264 e. The summed E-state index contributed by atoms with van der Waals surface area (Å²) in [5.74, 6) is 1.30. The van der Waals surface area contributed by atoms with Crippen LogP contribution in [-0.2, 0) is 20.6 Å². The third kappa shape index (κ3) is 7.50. The molecule has 0 aliphatic rings. The second kappa shape index (κ2) is 12.6. The third-order valence-electron chi connectivity index (χ3n) is 5.01. The van der Waals surface area contributed by atoms with Crippen molar-refractivity contribution in [3.63, 3.8) is 0 Å². The van der Waals surface area contributed by atoms with Crippen molar-refractivity contribution in [2.45, 2.75) is 24.0 Å². The lowest BCUT2D eigenvalue weighted by molar-refractivity contribution is -0.119. The average molecular weight is 582 g/mol. The van der Waals surface area contributed by atoms with Crippen molar-refractivity contribution in [3.05, 3.63) is 93.4 Å². The molecule has 0 aliphatic carbocycles. The van der Waals surface area contributed by atoms with E-state index < -0.39 is 10.0 Å². The first kappa shape index (κ1) is 26.6. The summed E-state index contributed by atoms with van der Waals surface area (Å²) in [5, 5.41) is 3.60. The van der Waals surface area contributed by atoms with E-state index in [1.807, 2.05) is 31.2 Å². The Bertz CT molecular complexity index is 1200. The normalized spacial score (nSPS) is 11.3. The second-order valence-electron chi connectivity index (χ2n) is 7.65. The van der Waals surface area contributed by atoms with Crippen LogP contribution in [0.3, 0.4) is 0 Å². The maximum atomic E-state index is 13.4. The van der Waals surface area contributed by atoms with Crippen LogP contribution in [0.25, 0.3) is 0 Å². The monoisotopic (exact) mass is 580 g/mol. The van der Waals surface area contributed by atoms with Crippen molar-refractivity contribution in [2.24, 2.45) is 0 Å². The molecule has 0 saturated carbocycles. The van der Waals surface area contributed by atoms with Crippen LogP contribution in [0.15, 0.2) is 82.2 Å². The minimum Gasteiger partial charge on any atom is -0.354 e. The Morgan fingerprint density at radius 3 is 2.38 bits per heavy atom. The molecular formula is C25H26BrClN2O3S2. The largest absolute Gasteiger partial charge is 0.354 e. The molecule has 0 spiro atoms. The summed E-state index contributed by atoms with van der Waals surface area (Å²) in [6, 6.07) is 21.2. The van der Waals surface area contributed by atoms with E-state index in [9.17, 15) is 13.2 Å². The predicted molar refractivity (Wildman–Crippen MR) is 145 cm³/mol. The molecule has 0 fully saturated rings. The fourth-order valence-electron chi connectivity index (χ4n) is 3.15. The van der Waals surface area contributed by atoms with Crippen LogP contribution in [-0.4, -0.2) is 33.2 Å². The Morgan fingerprint density at radius 2 is 1.71 bits per heavy atom. The summed E-state index contributed by atoms with van der Waals surface area (Å²) in [6.07, 6.45) is 0.768. The number of sulfonamides is 1. The number of carbonyl (C=O) groups excluding carboxylic acids is 1. The van der Waals surface area contributed by atoms with Gasteiger partial charge in [0, 0.05) is 21.8 Å². The highest BCUT2D eigenvalue weighted by Gasteiger charge is 2.27. The number of benzene rings is 3. The standard InChI is InChI=1S/C25H26BrClN2O3S2/c1-19-7-13-23(14-8-19)34(31,32)29(22-11-9-21(26)10-12-22)17-25(30)28-15-4-16-33-18-20-5-2-3-6-24(20)27/h2-3,5-14H,4,15-18H2,1H3,(H,28,30). The van der Waals surface area contributed by atoms with E-state index in [1.54, 1.807) is 60.3 Å². The number of halogens is 2. The first-order valence-corrected chi connectivity index (χ1v) is 14.5. The number of carbonyl (C=O) groups is 1. The Morgan fingerprint density at radius 1 is 1.03 bits per heavy atom. The quantitative estimate of drug-likeness (QED) is 0.280. The van der Waals surface area contributed by atoms with Gasteiger partial charge in [0.2, 0.25) is 5.91 Å². The van der Waals surface area contributed by atoms with E-state index in [0.717, 1.165) is 42.9 Å². The van der Waals surface area contributed by atoms with Gasteiger partial charge in [-0.1, -0.05) is 63.4 Å². The lowest BCUT2D eigenvalue weighted by Crippen LogP contribution is -2.41. The summed E-state index contributed by atoms with van der Waals surface area (Å²) >= 11 is 11.3. The molecule has 1 N–H and O–H groups in total. The number of amides is 1. The van der Waals surface area contributed by atoms with Crippen LogP contribution < -0.4 is 9.62 Å². The van der Waals surface area contributed by atoms with Gasteiger partial charge in [-0.2, -0.15) is 11.8 Å². The van der Waals surface area contributed by atoms with Crippen molar-refractivity contribution in [2.75, 3.05) is 23.1 Å². The minimum absolute atomic E-state index is 0.143. The molecule has 0 heterocycles. The fourth-order valence-corrected chi connectivity index (χ4v) is 6.08. The van der Waals surface area contributed by atoms with Gasteiger partial charge in [0.15, 0.2) is 0 Å². The van der Waals surface area contributed by atoms with Gasteiger partial charge in [-0.25, -0.2) is 8.42 Å². The fraction of sp³-hybridized carbons (Fsp3) is 0.240. The molecule has 1 amide bonds. The zero-order valence-corrected chi connectivity index (χ0v) is 22.7. The highest BCUT2D eigenvalue weighted by atomic mass is 79.9. The highest BCUT2D eigenvalue weighted by Crippen LogP contribution is 2.25. The van der Waals surface area contributed by atoms with Crippen molar-refractivity contribution >= 4 is 60.9 Å². The molecule has 3 aromatic carbocycles. The van der Waals surface area contributed by atoms with E-state index >= 15 is 0 Å². The lowest BCUT2D eigenvalue weighted by atomic mass is 10.2. The maximum absolute atomic E-state index is 13.4. The van der Waals surface area contributed by atoms with Crippen LogP contribution >= 0.6 is 39.3 Å². The van der Waals surface area contributed by atoms with Gasteiger partial charge in [-0.3, -0.25) is 9.10 Å². The van der Waals surface area contributed by atoms with Gasteiger partial charge in [0.1, 0.15) is 6.54 Å². The zero-order valence-electron chi connectivity index (χ0n) is 18.7. The molecule has 3 aromatic rings. The molecule has 0 radical (unpaired) electrons. The van der Waals surface area contributed by atoms with Crippen LogP contribution in [0.4, 0.5) is 5.69 Å². The number of rotatable bonds is 11. The summed E-state index contributed by atoms with van der Waals surface area (Å²) in [4.78, 5) is 12.8. The first-order valence-electron chi connectivity index (χ1n) is 10.7. The summed E-state index contributed by atoms with van der Waals surface area (Å²) in [7, 11) is -3.91. The molecule has 0 aliphatic heterocycles. The highest BCUT2D eigenvalue weighted by molar-refractivity contribution is 9.10. The van der Waals surface area contributed by atoms with Gasteiger partial charge >= 0.3 is 0 Å². The molecule has 0 bridgehead atoms. The molecule has 0 saturated heterocycles. The number of thioether (sulfide) groups is 1. The second-order valence-corrected chi connectivity index (χ2v) is 11.9. The van der Waals surface area contributed by atoms with Crippen LogP contribution in [0, 0.1) is 6.92 Å². The van der Waals surface area contributed by atoms with Gasteiger partial charge in [0.25, 0.3) is 10.0 Å². The van der Waals surface area contributed by atoms with E-state index in [2.05, 4.69) is 21.2 Å². The number of hydrogen-bond donors (Lipinski definition) is 1. The van der Waals surface area contributed by atoms with Gasteiger partial charge < -0.3 is 5.32 Å². The number of aryl methyl sites for hydroxylation is 1. The summed E-state index contributed by atoms with van der Waals surface area (Å²) in [6.45, 7) is 2.06. The molecule has 3 rings (SSSR count). The van der Waals surface area contributed by atoms with Crippen molar-refractivity contribution in [1.29, 1.82) is 0 Å². The van der Waals surface area contributed by atoms with Crippen molar-refractivity contribution in [1.82, 2.24) is 5.32 Å². The summed E-state index contributed by atoms with van der Waals surface area (Å²) in [5.41, 5.74) is 2.47. The molecule has 0 atom stereocenters. The number of anilines is 1. The number of nitrogens with one attached hydrogen (secondary N) is 1. The van der Waals surface area contributed by atoms with Crippen LogP contribution in [0.1, 0.15) is 17.5 Å². The zero-order chi connectivity index (χ0) is 24.6. The van der Waals surface area contributed by atoms with Crippen molar-refractivity contribution in [3.8, 4) is 0 Å². The molecule has 5 nitrogen and oxygen atoms in total. The molecule has 0 unspecified atom stereocenters. The molecule has 0 aromatic heterocycles. The Hall–Kier alpha value is -2.00. The molecule has 9 heteroatoms. The number of nitrogens with zero attached hydrogens (tertiary/aromatic N) is 1. The van der Waals surface area contributed by atoms with Gasteiger partial charge in [-0.05, 0) is 67.1 Å². The Labute approximate surface area is 219 Å². The van der Waals surface area contributed by atoms with Crippen LogP contribution in [0.5, 0.6) is 0 Å². The lowest BCUT2D eigenvalue weighted by Gasteiger charge is -2.24. The van der Waals surface area contributed by atoms with Crippen LogP contribution in [0.2, 0.25) is 5.02 Å².